The summed E-state index contributed by atoms with van der Waals surface area (Å²) in [6, 6.07) is 8.25. The highest BCUT2D eigenvalue weighted by molar-refractivity contribution is 6.13. The first kappa shape index (κ1) is 14.2. The van der Waals surface area contributed by atoms with Gasteiger partial charge in [0, 0.05) is 41.5 Å². The zero-order chi connectivity index (χ0) is 16.1. The molecule has 1 aromatic carbocycles. The lowest BCUT2D eigenvalue weighted by Crippen LogP contribution is -2.32. The number of hydrogen-bond donors (Lipinski definition) is 1. The summed E-state index contributed by atoms with van der Waals surface area (Å²) in [6.45, 7) is 4.20. The van der Waals surface area contributed by atoms with Gasteiger partial charge in [0.2, 0.25) is 0 Å². The van der Waals surface area contributed by atoms with Crippen LogP contribution < -0.4 is 0 Å². The van der Waals surface area contributed by atoms with Crippen LogP contribution in [0.2, 0.25) is 0 Å². The molecule has 5 heteroatoms. The van der Waals surface area contributed by atoms with Crippen LogP contribution in [0, 0.1) is 6.92 Å². The van der Waals surface area contributed by atoms with Gasteiger partial charge in [-0.3, -0.25) is 4.79 Å². The van der Waals surface area contributed by atoms with Crippen LogP contribution in [-0.4, -0.2) is 52.9 Å². The number of benzene rings is 1. The van der Waals surface area contributed by atoms with Crippen molar-refractivity contribution in [1.82, 2.24) is 19.8 Å². The predicted molar refractivity (Wildman–Crippen MR) is 91.6 cm³/mol. The van der Waals surface area contributed by atoms with E-state index >= 15 is 0 Å². The highest BCUT2D eigenvalue weighted by atomic mass is 16.2. The first-order valence-electron chi connectivity index (χ1n) is 7.90. The van der Waals surface area contributed by atoms with E-state index < -0.39 is 0 Å². The lowest BCUT2D eigenvalue weighted by Gasteiger charge is -2.18. The van der Waals surface area contributed by atoms with Gasteiger partial charge in [-0.15, -0.1) is 0 Å². The topological polar surface area (TPSA) is 52.2 Å². The average Bonchev–Trinajstić information content (AvgIpc) is 3.05. The van der Waals surface area contributed by atoms with Crippen LogP contribution in [0.4, 0.5) is 0 Å². The quantitative estimate of drug-likeness (QED) is 0.809. The molecule has 3 aromatic rings. The lowest BCUT2D eigenvalue weighted by molar-refractivity contribution is 0.0764. The van der Waals surface area contributed by atoms with Crippen molar-refractivity contribution in [3.8, 4) is 0 Å². The number of fused-ring (bicyclic) bond motifs is 5. The van der Waals surface area contributed by atoms with Crippen LogP contribution in [0.1, 0.15) is 21.7 Å². The van der Waals surface area contributed by atoms with E-state index in [0.29, 0.717) is 12.2 Å². The molecule has 1 amide bonds. The summed E-state index contributed by atoms with van der Waals surface area (Å²) in [5.74, 6) is 0.0529. The fourth-order valence-electron chi connectivity index (χ4n) is 3.38. The van der Waals surface area contributed by atoms with Gasteiger partial charge in [-0.2, -0.15) is 0 Å². The van der Waals surface area contributed by atoms with Crippen LogP contribution in [0.3, 0.4) is 0 Å². The van der Waals surface area contributed by atoms with Gasteiger partial charge in [0.05, 0.1) is 11.2 Å². The van der Waals surface area contributed by atoms with Gasteiger partial charge in [-0.1, -0.05) is 18.2 Å². The van der Waals surface area contributed by atoms with Gasteiger partial charge >= 0.3 is 0 Å². The zero-order valence-corrected chi connectivity index (χ0v) is 13.7. The van der Waals surface area contributed by atoms with Crippen LogP contribution >= 0.6 is 0 Å². The predicted octanol–water partition coefficient (Wildman–Crippen LogP) is 2.54. The highest BCUT2D eigenvalue weighted by Gasteiger charge is 2.32. The van der Waals surface area contributed by atoms with E-state index in [1.165, 1.54) is 5.39 Å². The number of carbonyl (C=O) groups excluding carboxylic acids is 1. The number of nitrogens with one attached hydrogen (secondary N) is 1. The molecule has 2 aromatic heterocycles. The number of nitrogens with zero attached hydrogens (tertiary/aromatic N) is 3. The number of amides is 1. The molecule has 0 bridgehead atoms. The Morgan fingerprint density at radius 2 is 2.09 bits per heavy atom. The fraction of sp³-hybridized carbons (Fsp3) is 0.333. The Kier molecular flexibility index (Phi) is 3.13. The molecule has 0 aliphatic carbocycles. The molecule has 0 saturated carbocycles. The highest BCUT2D eigenvalue weighted by Crippen LogP contribution is 2.35. The number of hydrogen-bond acceptors (Lipinski definition) is 3. The molecule has 0 unspecified atom stereocenters. The number of para-hydroxylation sites is 1. The second kappa shape index (κ2) is 5.06. The van der Waals surface area contributed by atoms with Gasteiger partial charge in [0.15, 0.2) is 0 Å². The van der Waals surface area contributed by atoms with Crippen molar-refractivity contribution in [2.24, 2.45) is 0 Å². The molecule has 5 nitrogen and oxygen atoms in total. The van der Waals surface area contributed by atoms with E-state index in [9.17, 15) is 4.79 Å². The number of aromatic nitrogens is 2. The Balaban J connectivity index is 1.89. The van der Waals surface area contributed by atoms with Gasteiger partial charge < -0.3 is 14.8 Å². The summed E-state index contributed by atoms with van der Waals surface area (Å²) in [7, 11) is 4.04. The molecule has 0 fully saturated rings. The van der Waals surface area contributed by atoms with Crippen molar-refractivity contribution in [3.05, 3.63) is 41.2 Å². The van der Waals surface area contributed by atoms with Crippen molar-refractivity contribution in [2.45, 2.75) is 13.5 Å². The minimum atomic E-state index is 0.0529. The molecule has 23 heavy (non-hydrogen) atoms. The SMILES string of the molecule is Cc1nc2c(c3c1[nH]c1ccccc13)CN(CCN(C)C)C2=O. The Hall–Kier alpha value is -2.40. The minimum Gasteiger partial charge on any atom is -0.353 e. The number of likely N-dealkylation sites (N-methyl/N-ethyl adjacent to an activating group) is 1. The molecular weight excluding hydrogens is 288 g/mol. The van der Waals surface area contributed by atoms with Crippen LogP contribution in [0.15, 0.2) is 24.3 Å². The van der Waals surface area contributed by atoms with Crippen molar-refractivity contribution in [2.75, 3.05) is 27.2 Å². The monoisotopic (exact) mass is 308 g/mol. The third kappa shape index (κ3) is 2.11. The molecule has 1 aliphatic heterocycles. The van der Waals surface area contributed by atoms with E-state index in [2.05, 4.69) is 27.0 Å². The van der Waals surface area contributed by atoms with E-state index in [4.69, 9.17) is 0 Å². The molecule has 0 saturated heterocycles. The normalized spacial score (nSPS) is 14.4. The summed E-state index contributed by atoms with van der Waals surface area (Å²) in [5.41, 5.74) is 4.72. The fourth-order valence-corrected chi connectivity index (χ4v) is 3.38. The third-order valence-electron chi connectivity index (χ3n) is 4.59. The largest absolute Gasteiger partial charge is 0.353 e. The summed E-state index contributed by atoms with van der Waals surface area (Å²) in [5, 5.41) is 2.33. The molecule has 3 heterocycles. The van der Waals surface area contributed by atoms with E-state index in [1.807, 2.05) is 38.1 Å². The number of aromatic amines is 1. The maximum absolute atomic E-state index is 12.7. The summed E-state index contributed by atoms with van der Waals surface area (Å²) < 4.78 is 0. The van der Waals surface area contributed by atoms with Gasteiger partial charge in [-0.05, 0) is 27.1 Å². The van der Waals surface area contributed by atoms with Gasteiger partial charge in [0.25, 0.3) is 5.91 Å². The first-order chi connectivity index (χ1) is 11.1. The molecule has 0 radical (unpaired) electrons. The van der Waals surface area contributed by atoms with Crippen LogP contribution in [-0.2, 0) is 6.54 Å². The summed E-state index contributed by atoms with van der Waals surface area (Å²) in [6.07, 6.45) is 0. The average molecular weight is 308 g/mol. The van der Waals surface area contributed by atoms with Crippen molar-refractivity contribution >= 4 is 27.7 Å². The van der Waals surface area contributed by atoms with Crippen molar-refractivity contribution in [1.29, 1.82) is 0 Å². The molecule has 1 N–H and O–H groups in total. The lowest BCUT2D eigenvalue weighted by atomic mass is 10.1. The number of pyridine rings is 1. The second-order valence-electron chi connectivity index (χ2n) is 6.47. The molecular formula is C18H20N4O. The molecule has 118 valence electrons. The zero-order valence-electron chi connectivity index (χ0n) is 13.7. The maximum Gasteiger partial charge on any atom is 0.273 e. The van der Waals surface area contributed by atoms with Crippen LogP contribution in [0.25, 0.3) is 21.8 Å². The molecule has 0 atom stereocenters. The van der Waals surface area contributed by atoms with Crippen molar-refractivity contribution in [3.63, 3.8) is 0 Å². The number of aryl methyl sites for hydroxylation is 1. The minimum absolute atomic E-state index is 0.0529. The van der Waals surface area contributed by atoms with Crippen LogP contribution in [0.5, 0.6) is 0 Å². The van der Waals surface area contributed by atoms with Crippen molar-refractivity contribution < 1.29 is 4.79 Å². The number of H-pyrrole nitrogens is 1. The standard InChI is InChI=1S/C18H20N4O/c1-11-16-15(12-6-4-5-7-14(12)20-16)13-10-22(9-8-21(2)3)18(23)17(13)19-11/h4-7,20H,8-10H2,1-3H3. The van der Waals surface area contributed by atoms with E-state index in [1.54, 1.807) is 0 Å². The third-order valence-corrected chi connectivity index (χ3v) is 4.59. The van der Waals surface area contributed by atoms with Gasteiger partial charge in [-0.25, -0.2) is 4.98 Å². The molecule has 0 spiro atoms. The first-order valence-corrected chi connectivity index (χ1v) is 7.90. The Labute approximate surface area is 134 Å². The molecule has 4 rings (SSSR count). The second-order valence-corrected chi connectivity index (χ2v) is 6.47. The number of rotatable bonds is 3. The summed E-state index contributed by atoms with van der Waals surface area (Å²) >= 11 is 0. The summed E-state index contributed by atoms with van der Waals surface area (Å²) in [4.78, 5) is 24.7. The van der Waals surface area contributed by atoms with Gasteiger partial charge in [0.1, 0.15) is 5.69 Å². The number of carbonyl (C=O) groups is 1. The van der Waals surface area contributed by atoms with E-state index in [0.717, 1.165) is 40.8 Å². The van der Waals surface area contributed by atoms with E-state index in [-0.39, 0.29) is 5.91 Å². The smallest absolute Gasteiger partial charge is 0.273 e. The molecule has 1 aliphatic rings. The Morgan fingerprint density at radius 3 is 2.87 bits per heavy atom. The Morgan fingerprint density at radius 1 is 1.30 bits per heavy atom. The maximum atomic E-state index is 12.7. The Bertz CT molecular complexity index is 926.